The van der Waals surface area contributed by atoms with E-state index in [1.807, 2.05) is 0 Å². The molecule has 1 aliphatic rings. The predicted molar refractivity (Wildman–Crippen MR) is 92.4 cm³/mol. The van der Waals surface area contributed by atoms with Gasteiger partial charge in [-0.05, 0) is 55.4 Å². The Balaban J connectivity index is 2.03. The number of anilines is 1. The van der Waals surface area contributed by atoms with Gasteiger partial charge in [-0.1, -0.05) is 6.07 Å². The zero-order valence-electron chi connectivity index (χ0n) is 14.0. The maximum Gasteiger partial charge on any atom is 0.416 e. The van der Waals surface area contributed by atoms with Crippen LogP contribution in [0.15, 0.2) is 52.3 Å². The quantitative estimate of drug-likeness (QED) is 0.823. The maximum atomic E-state index is 12.9. The van der Waals surface area contributed by atoms with E-state index in [1.54, 1.807) is 0 Å². The Labute approximate surface area is 154 Å². The fourth-order valence-corrected chi connectivity index (χ4v) is 5.17. The molecule has 0 aromatic heterocycles. The van der Waals surface area contributed by atoms with Crippen LogP contribution in [0.1, 0.15) is 11.1 Å². The van der Waals surface area contributed by atoms with E-state index in [0.29, 0.717) is 11.6 Å². The molecule has 0 aliphatic carbocycles. The third kappa shape index (κ3) is 3.54. The van der Waals surface area contributed by atoms with Gasteiger partial charge in [-0.15, -0.1) is 0 Å². The van der Waals surface area contributed by atoms with Gasteiger partial charge in [0.25, 0.3) is 10.0 Å². The molecule has 0 atom stereocenters. The zero-order chi connectivity index (χ0) is 20.0. The highest BCUT2D eigenvalue weighted by Gasteiger charge is 2.35. The lowest BCUT2D eigenvalue weighted by Gasteiger charge is -2.20. The van der Waals surface area contributed by atoms with Crippen LogP contribution in [-0.2, 0) is 32.6 Å². The second-order valence-electron chi connectivity index (χ2n) is 5.85. The number of hydrogen-bond donors (Lipinski definition) is 1. The SMILES string of the molecule is CNS(=O)(=O)c1ccc2c(c1)CCN2S(=O)(=O)c1cccc(C(F)(F)F)c1. The number of rotatable bonds is 4. The first-order chi connectivity index (χ1) is 12.5. The van der Waals surface area contributed by atoms with Crippen LogP contribution >= 0.6 is 0 Å². The van der Waals surface area contributed by atoms with E-state index >= 15 is 0 Å². The van der Waals surface area contributed by atoms with Crippen molar-refractivity contribution >= 4 is 25.7 Å². The van der Waals surface area contributed by atoms with Crippen molar-refractivity contribution in [2.24, 2.45) is 0 Å². The van der Waals surface area contributed by atoms with Crippen molar-refractivity contribution in [2.45, 2.75) is 22.4 Å². The molecule has 0 fully saturated rings. The Hall–Kier alpha value is -2.11. The van der Waals surface area contributed by atoms with Gasteiger partial charge in [0.2, 0.25) is 10.0 Å². The van der Waals surface area contributed by atoms with Crippen molar-refractivity contribution in [1.82, 2.24) is 4.72 Å². The monoisotopic (exact) mass is 420 g/mol. The number of nitrogens with zero attached hydrogens (tertiary/aromatic N) is 1. The van der Waals surface area contributed by atoms with Gasteiger partial charge in [0.1, 0.15) is 0 Å². The van der Waals surface area contributed by atoms with Gasteiger partial charge in [0, 0.05) is 6.54 Å². The maximum absolute atomic E-state index is 12.9. The van der Waals surface area contributed by atoms with E-state index in [2.05, 4.69) is 4.72 Å². The third-order valence-electron chi connectivity index (χ3n) is 4.23. The predicted octanol–water partition coefficient (Wildman–Crippen LogP) is 2.36. The lowest BCUT2D eigenvalue weighted by Crippen LogP contribution is -2.29. The molecule has 6 nitrogen and oxygen atoms in total. The van der Waals surface area contributed by atoms with Crippen molar-refractivity contribution in [3.05, 3.63) is 53.6 Å². The Kier molecular flexibility index (Phi) is 4.73. The summed E-state index contributed by atoms with van der Waals surface area (Å²) in [4.78, 5) is -0.487. The Morgan fingerprint density at radius 2 is 1.70 bits per heavy atom. The average Bonchev–Trinajstić information content (AvgIpc) is 3.05. The van der Waals surface area contributed by atoms with E-state index < -0.39 is 36.7 Å². The van der Waals surface area contributed by atoms with Crippen molar-refractivity contribution < 1.29 is 30.0 Å². The molecule has 3 rings (SSSR count). The molecule has 0 saturated carbocycles. The second kappa shape index (κ2) is 6.50. The van der Waals surface area contributed by atoms with Gasteiger partial charge in [-0.25, -0.2) is 21.6 Å². The highest BCUT2D eigenvalue weighted by atomic mass is 32.2. The summed E-state index contributed by atoms with van der Waals surface area (Å²) >= 11 is 0. The van der Waals surface area contributed by atoms with E-state index in [4.69, 9.17) is 0 Å². The normalized spacial score (nSPS) is 15.0. The minimum absolute atomic E-state index is 0.0109. The molecular formula is C16H15F3N2O4S2. The van der Waals surface area contributed by atoms with E-state index in [0.717, 1.165) is 22.5 Å². The Morgan fingerprint density at radius 1 is 1.00 bits per heavy atom. The molecule has 0 saturated heterocycles. The summed E-state index contributed by atoms with van der Waals surface area (Å²) in [7, 11) is -6.65. The molecule has 0 unspecified atom stereocenters. The van der Waals surface area contributed by atoms with Crippen LogP contribution in [0.4, 0.5) is 18.9 Å². The second-order valence-corrected chi connectivity index (χ2v) is 9.60. The summed E-state index contributed by atoms with van der Waals surface area (Å²) < 4.78 is 91.3. The number of fused-ring (bicyclic) bond motifs is 1. The van der Waals surface area contributed by atoms with E-state index in [9.17, 15) is 30.0 Å². The van der Waals surface area contributed by atoms with Gasteiger partial charge in [-0.2, -0.15) is 13.2 Å². The summed E-state index contributed by atoms with van der Waals surface area (Å²) in [6.45, 7) is 0.0109. The standard InChI is InChI=1S/C16H15F3N2O4S2/c1-20-26(22,23)13-5-6-15-11(9-13)7-8-21(15)27(24,25)14-4-2-3-12(10-14)16(17,18)19/h2-6,9-10,20H,7-8H2,1H3. The molecule has 0 bridgehead atoms. The number of hydrogen-bond acceptors (Lipinski definition) is 4. The molecule has 0 amide bonds. The fraction of sp³-hybridized carbons (Fsp3) is 0.250. The van der Waals surface area contributed by atoms with Crippen LogP contribution in [0.25, 0.3) is 0 Å². The van der Waals surface area contributed by atoms with Crippen molar-refractivity contribution in [1.29, 1.82) is 0 Å². The molecule has 1 heterocycles. The molecule has 146 valence electrons. The van der Waals surface area contributed by atoms with Crippen LogP contribution in [0.2, 0.25) is 0 Å². The molecule has 11 heteroatoms. The molecule has 2 aromatic carbocycles. The minimum Gasteiger partial charge on any atom is -0.266 e. The smallest absolute Gasteiger partial charge is 0.266 e. The largest absolute Gasteiger partial charge is 0.416 e. The van der Waals surface area contributed by atoms with Gasteiger partial charge in [0.15, 0.2) is 0 Å². The van der Waals surface area contributed by atoms with Crippen LogP contribution in [0.5, 0.6) is 0 Å². The van der Waals surface area contributed by atoms with E-state index in [1.165, 1.54) is 25.2 Å². The third-order valence-corrected chi connectivity index (χ3v) is 7.45. The van der Waals surface area contributed by atoms with Crippen LogP contribution in [0, 0.1) is 0 Å². The number of halogens is 3. The lowest BCUT2D eigenvalue weighted by atomic mass is 10.2. The first kappa shape index (κ1) is 19.6. The summed E-state index contributed by atoms with van der Waals surface area (Å²) in [6, 6.07) is 7.49. The number of alkyl halides is 3. The molecule has 1 aliphatic heterocycles. The average molecular weight is 420 g/mol. The van der Waals surface area contributed by atoms with Crippen molar-refractivity contribution in [2.75, 3.05) is 17.9 Å². The molecule has 2 aromatic rings. The molecule has 1 N–H and O–H groups in total. The number of sulfonamides is 2. The minimum atomic E-state index is -4.66. The molecule has 0 radical (unpaired) electrons. The lowest BCUT2D eigenvalue weighted by molar-refractivity contribution is -0.137. The Morgan fingerprint density at radius 3 is 2.33 bits per heavy atom. The Bertz CT molecular complexity index is 1100. The molecular weight excluding hydrogens is 405 g/mol. The summed E-state index contributed by atoms with van der Waals surface area (Å²) in [5.41, 5.74) is -0.317. The van der Waals surface area contributed by atoms with Gasteiger partial charge >= 0.3 is 6.18 Å². The summed E-state index contributed by atoms with van der Waals surface area (Å²) in [5, 5.41) is 0. The fourth-order valence-electron chi connectivity index (χ4n) is 2.84. The highest BCUT2D eigenvalue weighted by Crippen LogP contribution is 2.36. The number of benzene rings is 2. The zero-order valence-corrected chi connectivity index (χ0v) is 15.6. The number of nitrogens with one attached hydrogen (secondary N) is 1. The van der Waals surface area contributed by atoms with Gasteiger partial charge in [-0.3, -0.25) is 4.31 Å². The van der Waals surface area contributed by atoms with Crippen LogP contribution < -0.4 is 9.03 Å². The van der Waals surface area contributed by atoms with Gasteiger partial charge < -0.3 is 0 Å². The highest BCUT2D eigenvalue weighted by molar-refractivity contribution is 7.92. The van der Waals surface area contributed by atoms with Crippen molar-refractivity contribution in [3.63, 3.8) is 0 Å². The topological polar surface area (TPSA) is 83.6 Å². The van der Waals surface area contributed by atoms with Gasteiger partial charge in [0.05, 0.1) is 21.0 Å². The molecule has 0 spiro atoms. The first-order valence-corrected chi connectivity index (χ1v) is 10.7. The van der Waals surface area contributed by atoms with E-state index in [-0.39, 0.29) is 23.5 Å². The summed E-state index contributed by atoms with van der Waals surface area (Å²) in [6.07, 6.45) is -4.41. The van der Waals surface area contributed by atoms with Crippen LogP contribution in [0.3, 0.4) is 0 Å². The van der Waals surface area contributed by atoms with Crippen LogP contribution in [-0.4, -0.2) is 30.4 Å². The first-order valence-electron chi connectivity index (χ1n) is 7.73. The molecule has 27 heavy (non-hydrogen) atoms. The summed E-state index contributed by atoms with van der Waals surface area (Å²) in [5.74, 6) is 0. The van der Waals surface area contributed by atoms with Crippen molar-refractivity contribution in [3.8, 4) is 0 Å².